The summed E-state index contributed by atoms with van der Waals surface area (Å²) in [4.78, 5) is 16.7. The second-order valence-corrected chi connectivity index (χ2v) is 9.04. The van der Waals surface area contributed by atoms with Crippen LogP contribution in [0.4, 0.5) is 11.4 Å². The van der Waals surface area contributed by atoms with Crippen LogP contribution in [0.1, 0.15) is 38.1 Å². The molecule has 158 valence electrons. The Morgan fingerprint density at radius 3 is 2.03 bits per heavy atom. The highest BCUT2D eigenvalue weighted by atomic mass is 16.7. The molecule has 7 heteroatoms. The van der Waals surface area contributed by atoms with Gasteiger partial charge in [-0.15, -0.1) is 0 Å². The molecule has 6 nitrogen and oxygen atoms in total. The molecule has 0 radical (unpaired) electrons. The first-order valence-corrected chi connectivity index (χ1v) is 10.5. The Hall–Kier alpha value is -2.51. The SMILES string of the molecule is CC1(C)OB(c2ccc(C(N)=O)c(N3CCN(c4ccccc4)CC3)c2)OC1(C)C. The largest absolute Gasteiger partial charge is 0.494 e. The lowest BCUT2D eigenvalue weighted by molar-refractivity contribution is 0.00578. The topological polar surface area (TPSA) is 68.0 Å². The molecule has 4 rings (SSSR count). The van der Waals surface area contributed by atoms with E-state index in [1.165, 1.54) is 5.69 Å². The Balaban J connectivity index is 1.57. The first kappa shape index (κ1) is 20.8. The number of piperazine rings is 1. The zero-order chi connectivity index (χ0) is 21.5. The number of hydrogen-bond donors (Lipinski definition) is 1. The first-order chi connectivity index (χ1) is 14.2. The number of carbonyl (C=O) groups is 1. The number of amides is 1. The van der Waals surface area contributed by atoms with Crippen LogP contribution in [0.2, 0.25) is 0 Å². The average Bonchev–Trinajstić information content (AvgIpc) is 2.95. The van der Waals surface area contributed by atoms with Gasteiger partial charge in [0.15, 0.2) is 0 Å². The number of hydrogen-bond acceptors (Lipinski definition) is 5. The molecule has 2 heterocycles. The minimum Gasteiger partial charge on any atom is -0.399 e. The minimum atomic E-state index is -0.471. The van der Waals surface area contributed by atoms with Gasteiger partial charge in [0.1, 0.15) is 0 Å². The standard InChI is InChI=1S/C23H30BN3O3/c1-22(2)23(3,4)30-24(29-22)17-10-11-19(21(25)28)20(16-17)27-14-12-26(13-15-27)18-8-6-5-7-9-18/h5-11,16H,12-15H2,1-4H3,(H2,25,28). The van der Waals surface area contributed by atoms with Crippen LogP contribution in [0.25, 0.3) is 0 Å². The van der Waals surface area contributed by atoms with E-state index < -0.39 is 24.2 Å². The maximum atomic E-state index is 12.1. The summed E-state index contributed by atoms with van der Waals surface area (Å²) in [5, 5.41) is 0. The summed E-state index contributed by atoms with van der Waals surface area (Å²) in [5.41, 5.74) is 8.36. The van der Waals surface area contributed by atoms with Crippen LogP contribution in [0.3, 0.4) is 0 Å². The fraction of sp³-hybridized carbons (Fsp3) is 0.435. The number of primary amides is 1. The van der Waals surface area contributed by atoms with E-state index in [0.717, 1.165) is 37.3 Å². The third kappa shape index (κ3) is 3.79. The van der Waals surface area contributed by atoms with Gasteiger partial charge >= 0.3 is 7.12 Å². The molecule has 2 N–H and O–H groups in total. The summed E-state index contributed by atoms with van der Waals surface area (Å²) in [6.07, 6.45) is 0. The molecule has 2 aliphatic heterocycles. The lowest BCUT2D eigenvalue weighted by Gasteiger charge is -2.38. The van der Waals surface area contributed by atoms with E-state index in [1.54, 1.807) is 6.07 Å². The predicted octanol–water partition coefficient (Wildman–Crippen LogP) is 2.41. The van der Waals surface area contributed by atoms with Crippen LogP contribution in [-0.4, -0.2) is 50.4 Å². The van der Waals surface area contributed by atoms with Gasteiger partial charge in [-0.05, 0) is 57.4 Å². The molecular formula is C23H30BN3O3. The van der Waals surface area contributed by atoms with Gasteiger partial charge in [-0.1, -0.05) is 24.3 Å². The van der Waals surface area contributed by atoms with Crippen LogP contribution >= 0.6 is 0 Å². The minimum absolute atomic E-state index is 0.415. The fourth-order valence-electron chi connectivity index (χ4n) is 3.99. The summed E-state index contributed by atoms with van der Waals surface area (Å²) < 4.78 is 12.4. The quantitative estimate of drug-likeness (QED) is 0.789. The van der Waals surface area contributed by atoms with E-state index >= 15 is 0 Å². The maximum Gasteiger partial charge on any atom is 0.494 e. The molecule has 0 aliphatic carbocycles. The molecule has 0 unspecified atom stereocenters. The molecule has 2 saturated heterocycles. The van der Waals surface area contributed by atoms with Crippen LogP contribution < -0.4 is 21.0 Å². The number of benzene rings is 2. The Morgan fingerprint density at radius 2 is 1.47 bits per heavy atom. The maximum absolute atomic E-state index is 12.1. The second kappa shape index (κ2) is 7.63. The van der Waals surface area contributed by atoms with E-state index in [1.807, 2.05) is 45.9 Å². The average molecular weight is 407 g/mol. The van der Waals surface area contributed by atoms with E-state index in [2.05, 4.69) is 34.1 Å². The zero-order valence-electron chi connectivity index (χ0n) is 18.2. The number of nitrogens with zero attached hydrogens (tertiary/aromatic N) is 2. The van der Waals surface area contributed by atoms with Gasteiger partial charge in [-0.25, -0.2) is 0 Å². The molecule has 0 bridgehead atoms. The summed E-state index contributed by atoms with van der Waals surface area (Å²) in [6.45, 7) is 11.5. The zero-order valence-corrected chi connectivity index (χ0v) is 18.2. The Kier molecular flexibility index (Phi) is 5.28. The van der Waals surface area contributed by atoms with Crippen molar-refractivity contribution in [2.75, 3.05) is 36.0 Å². The van der Waals surface area contributed by atoms with Crippen molar-refractivity contribution in [2.24, 2.45) is 5.73 Å². The molecule has 0 aromatic heterocycles. The molecule has 0 spiro atoms. The van der Waals surface area contributed by atoms with Crippen LogP contribution in [0.5, 0.6) is 0 Å². The number of rotatable bonds is 4. The monoisotopic (exact) mass is 407 g/mol. The smallest absolute Gasteiger partial charge is 0.399 e. The van der Waals surface area contributed by atoms with Gasteiger partial charge in [0.05, 0.1) is 16.8 Å². The highest BCUT2D eigenvalue weighted by molar-refractivity contribution is 6.62. The summed E-state index contributed by atoms with van der Waals surface area (Å²) in [7, 11) is -0.471. The van der Waals surface area contributed by atoms with Gasteiger partial charge in [0, 0.05) is 37.6 Å². The molecule has 30 heavy (non-hydrogen) atoms. The van der Waals surface area contributed by atoms with Crippen LogP contribution in [-0.2, 0) is 9.31 Å². The molecule has 0 saturated carbocycles. The first-order valence-electron chi connectivity index (χ1n) is 10.5. The molecule has 2 aliphatic rings. The van der Waals surface area contributed by atoms with Crippen molar-refractivity contribution < 1.29 is 14.1 Å². The van der Waals surface area contributed by atoms with Gasteiger partial charge in [0.25, 0.3) is 5.91 Å². The Labute approximate surface area is 179 Å². The molecule has 2 aromatic rings. The Morgan fingerprint density at radius 1 is 0.900 bits per heavy atom. The van der Waals surface area contributed by atoms with Gasteiger partial charge in [-0.3, -0.25) is 4.79 Å². The van der Waals surface area contributed by atoms with Crippen molar-refractivity contribution in [1.82, 2.24) is 0 Å². The van der Waals surface area contributed by atoms with E-state index in [0.29, 0.717) is 5.56 Å². The lowest BCUT2D eigenvalue weighted by atomic mass is 9.78. The van der Waals surface area contributed by atoms with E-state index in [4.69, 9.17) is 15.0 Å². The molecular weight excluding hydrogens is 377 g/mol. The number of anilines is 2. The number of carbonyl (C=O) groups excluding carboxylic acids is 1. The van der Waals surface area contributed by atoms with Gasteiger partial charge in [0.2, 0.25) is 0 Å². The molecule has 2 fully saturated rings. The highest BCUT2D eigenvalue weighted by Crippen LogP contribution is 2.37. The molecule has 0 atom stereocenters. The lowest BCUT2D eigenvalue weighted by Crippen LogP contribution is -2.47. The van der Waals surface area contributed by atoms with Gasteiger partial charge < -0.3 is 24.8 Å². The summed E-state index contributed by atoms with van der Waals surface area (Å²) in [5.74, 6) is -0.420. The van der Waals surface area contributed by atoms with Crippen molar-refractivity contribution in [3.8, 4) is 0 Å². The number of nitrogens with two attached hydrogens (primary N) is 1. The van der Waals surface area contributed by atoms with E-state index in [-0.39, 0.29) is 0 Å². The van der Waals surface area contributed by atoms with Crippen molar-refractivity contribution in [2.45, 2.75) is 38.9 Å². The van der Waals surface area contributed by atoms with Crippen LogP contribution in [0.15, 0.2) is 48.5 Å². The highest BCUT2D eigenvalue weighted by Gasteiger charge is 2.51. The summed E-state index contributed by atoms with van der Waals surface area (Å²) >= 11 is 0. The summed E-state index contributed by atoms with van der Waals surface area (Å²) in [6, 6.07) is 16.1. The molecule has 1 amide bonds. The normalized spacial score (nSPS) is 20.5. The van der Waals surface area contributed by atoms with Crippen molar-refractivity contribution in [1.29, 1.82) is 0 Å². The number of para-hydroxylation sites is 1. The van der Waals surface area contributed by atoms with Crippen LogP contribution in [0, 0.1) is 0 Å². The Bertz CT molecular complexity index is 909. The predicted molar refractivity (Wildman–Crippen MR) is 122 cm³/mol. The molecule has 2 aromatic carbocycles. The second-order valence-electron chi connectivity index (χ2n) is 9.04. The third-order valence-corrected chi connectivity index (χ3v) is 6.55. The van der Waals surface area contributed by atoms with E-state index in [9.17, 15) is 4.79 Å². The van der Waals surface area contributed by atoms with Crippen molar-refractivity contribution >= 4 is 29.9 Å². The third-order valence-electron chi connectivity index (χ3n) is 6.55. The van der Waals surface area contributed by atoms with Gasteiger partial charge in [-0.2, -0.15) is 0 Å². The van der Waals surface area contributed by atoms with Crippen molar-refractivity contribution in [3.63, 3.8) is 0 Å². The fourth-order valence-corrected chi connectivity index (χ4v) is 3.99. The van der Waals surface area contributed by atoms with Crippen molar-refractivity contribution in [3.05, 3.63) is 54.1 Å².